The first-order chi connectivity index (χ1) is 23.0. The Morgan fingerprint density at radius 1 is 0.958 bits per heavy atom. The van der Waals surface area contributed by atoms with E-state index in [4.69, 9.17) is 22.1 Å². The summed E-state index contributed by atoms with van der Waals surface area (Å²) < 4.78 is 64.5. The van der Waals surface area contributed by atoms with Gasteiger partial charge < -0.3 is 15.4 Å². The Labute approximate surface area is 286 Å². The zero-order valence-corrected chi connectivity index (χ0v) is 28.4. The molecule has 2 aliphatic heterocycles. The first kappa shape index (κ1) is 34.7. The van der Waals surface area contributed by atoms with Gasteiger partial charge in [-0.2, -0.15) is 4.31 Å². The molecule has 258 valence electrons. The van der Waals surface area contributed by atoms with Crippen molar-refractivity contribution < 1.29 is 26.7 Å². The normalized spacial score (nSPS) is 22.8. The van der Waals surface area contributed by atoms with Crippen molar-refractivity contribution >= 4 is 27.5 Å². The monoisotopic (exact) mass is 701 g/mol. The third kappa shape index (κ3) is 8.00. The second-order valence-electron chi connectivity index (χ2n) is 13.1. The fourth-order valence-corrected chi connectivity index (χ4v) is 8.48. The molecule has 2 atom stereocenters. The minimum Gasteiger partial charge on any atom is -0.493 e. The summed E-state index contributed by atoms with van der Waals surface area (Å²) in [5.41, 5.74) is 8.28. The highest BCUT2D eigenvalue weighted by atomic mass is 35.5. The average Bonchev–Trinajstić information content (AvgIpc) is 3.09. The van der Waals surface area contributed by atoms with Crippen LogP contribution in [0.5, 0.6) is 5.75 Å². The van der Waals surface area contributed by atoms with Gasteiger partial charge in [0.1, 0.15) is 11.8 Å². The highest BCUT2D eigenvalue weighted by Crippen LogP contribution is 2.31. The number of benzene rings is 2. The van der Waals surface area contributed by atoms with Gasteiger partial charge in [-0.15, -0.1) is 0 Å². The van der Waals surface area contributed by atoms with Gasteiger partial charge in [-0.25, -0.2) is 17.2 Å². The molecule has 0 bridgehead atoms. The quantitative estimate of drug-likeness (QED) is 0.317. The summed E-state index contributed by atoms with van der Waals surface area (Å²) in [7, 11) is -4.15. The van der Waals surface area contributed by atoms with Crippen LogP contribution < -0.4 is 10.5 Å². The number of likely N-dealkylation sites (tertiary alicyclic amines) is 1. The Morgan fingerprint density at radius 3 is 2.35 bits per heavy atom. The molecule has 1 amide bonds. The lowest BCUT2D eigenvalue weighted by Gasteiger charge is -2.43. The molecule has 3 aromatic rings. The molecule has 3 fully saturated rings. The molecular formula is C35H42ClF2N5O4S. The fraction of sp³-hybridized carbons (Fsp3) is 0.486. The number of piperidine rings is 1. The van der Waals surface area contributed by atoms with Gasteiger partial charge in [0.2, 0.25) is 15.9 Å². The van der Waals surface area contributed by atoms with E-state index in [0.717, 1.165) is 34.6 Å². The third-order valence-corrected chi connectivity index (χ3v) is 11.8. The van der Waals surface area contributed by atoms with Crippen LogP contribution in [-0.2, 0) is 21.4 Å². The number of piperazine rings is 1. The number of carbonyl (C=O) groups excluding carboxylic acids is 1. The van der Waals surface area contributed by atoms with Crippen molar-refractivity contribution in [1.82, 2.24) is 19.1 Å². The van der Waals surface area contributed by atoms with Crippen molar-refractivity contribution in [3.63, 3.8) is 0 Å². The van der Waals surface area contributed by atoms with Crippen molar-refractivity contribution in [2.75, 3.05) is 39.3 Å². The minimum atomic E-state index is -4.15. The Morgan fingerprint density at radius 2 is 1.69 bits per heavy atom. The molecule has 1 aromatic heterocycles. The first-order valence-corrected chi connectivity index (χ1v) is 18.4. The zero-order chi connectivity index (χ0) is 33.9. The molecule has 48 heavy (non-hydrogen) atoms. The maximum absolute atomic E-state index is 14.6. The van der Waals surface area contributed by atoms with E-state index in [2.05, 4.69) is 4.98 Å². The maximum Gasteiger partial charge on any atom is 0.280 e. The van der Waals surface area contributed by atoms with Crippen LogP contribution in [0.2, 0.25) is 5.02 Å². The maximum atomic E-state index is 14.6. The molecule has 1 aliphatic carbocycles. The molecule has 3 heterocycles. The van der Waals surface area contributed by atoms with E-state index in [0.29, 0.717) is 36.4 Å². The van der Waals surface area contributed by atoms with E-state index in [1.54, 1.807) is 24.4 Å². The van der Waals surface area contributed by atoms with Gasteiger partial charge in [0.05, 0.1) is 34.8 Å². The van der Waals surface area contributed by atoms with Crippen molar-refractivity contribution in [1.29, 1.82) is 0 Å². The number of nitrogens with two attached hydrogens (primary N) is 1. The standard InChI is InChI=1S/C35H42ClF2N5O4S/c36-28-10-15-31(40-20-28)27-8-6-25(7-9-27)21-41-18-19-43(32(22-41)34(44)42-17-16-33(39)35(37,38)24-42)48(45,46)30-13-11-29(12-14-30)47-23-26-4-2-1-3-5-26/h6-15,20,26,32-33H,1-5,16-19,21-24,39H2/t32-,33+/m0/s1. The van der Waals surface area contributed by atoms with Gasteiger partial charge >= 0.3 is 0 Å². The number of ether oxygens (including phenoxy) is 1. The summed E-state index contributed by atoms with van der Waals surface area (Å²) in [5.74, 6) is -2.83. The van der Waals surface area contributed by atoms with Crippen LogP contribution >= 0.6 is 11.6 Å². The van der Waals surface area contributed by atoms with E-state index in [1.807, 2.05) is 35.2 Å². The molecular weight excluding hydrogens is 660 g/mol. The number of pyridine rings is 1. The number of aromatic nitrogens is 1. The Bertz CT molecular complexity index is 1660. The predicted octanol–water partition coefficient (Wildman–Crippen LogP) is 5.43. The average molecular weight is 702 g/mol. The molecule has 2 aromatic carbocycles. The molecule has 2 N–H and O–H groups in total. The molecule has 0 unspecified atom stereocenters. The lowest BCUT2D eigenvalue weighted by atomic mass is 9.90. The van der Waals surface area contributed by atoms with E-state index in [1.165, 1.54) is 35.7 Å². The van der Waals surface area contributed by atoms with Gasteiger partial charge in [-0.1, -0.05) is 55.1 Å². The Balaban J connectivity index is 1.18. The van der Waals surface area contributed by atoms with E-state index < -0.39 is 40.5 Å². The van der Waals surface area contributed by atoms with Gasteiger partial charge in [-0.3, -0.25) is 14.7 Å². The van der Waals surface area contributed by atoms with Crippen LogP contribution in [0.4, 0.5) is 8.78 Å². The van der Waals surface area contributed by atoms with Crippen LogP contribution in [0.15, 0.2) is 71.8 Å². The summed E-state index contributed by atoms with van der Waals surface area (Å²) in [6.07, 6.45) is 7.44. The van der Waals surface area contributed by atoms with Crippen LogP contribution in [-0.4, -0.2) is 90.8 Å². The number of halogens is 3. The summed E-state index contributed by atoms with van der Waals surface area (Å²) in [6, 6.07) is 15.1. The van der Waals surface area contributed by atoms with Crippen LogP contribution in [0.3, 0.4) is 0 Å². The SMILES string of the molecule is N[C@@H]1CCN(C(=O)[C@@H]2CN(Cc3ccc(-c4ccc(Cl)cn4)cc3)CCN2S(=O)(=O)c2ccc(OCC3CCCCC3)cc2)CC1(F)F. The van der Waals surface area contributed by atoms with Gasteiger partial charge in [0, 0.05) is 44.5 Å². The summed E-state index contributed by atoms with van der Waals surface area (Å²) in [5, 5.41) is 0.549. The van der Waals surface area contributed by atoms with Gasteiger partial charge in [-0.05, 0) is 67.1 Å². The first-order valence-electron chi connectivity index (χ1n) is 16.6. The highest BCUT2D eigenvalue weighted by Gasteiger charge is 2.48. The van der Waals surface area contributed by atoms with Crippen LogP contribution in [0, 0.1) is 5.92 Å². The van der Waals surface area contributed by atoms with Crippen molar-refractivity contribution in [2.45, 2.75) is 68.0 Å². The number of hydrogen-bond donors (Lipinski definition) is 1. The number of nitrogens with zero attached hydrogens (tertiary/aromatic N) is 4. The second kappa shape index (κ2) is 14.8. The number of sulfonamides is 1. The lowest BCUT2D eigenvalue weighted by molar-refractivity contribution is -0.149. The number of hydrogen-bond acceptors (Lipinski definition) is 7. The number of carbonyl (C=O) groups is 1. The zero-order valence-electron chi connectivity index (χ0n) is 26.8. The molecule has 0 radical (unpaired) electrons. The van der Waals surface area contributed by atoms with Crippen molar-refractivity contribution in [2.24, 2.45) is 11.7 Å². The van der Waals surface area contributed by atoms with E-state index in [9.17, 15) is 22.0 Å². The van der Waals surface area contributed by atoms with E-state index >= 15 is 0 Å². The Hall–Kier alpha value is -3.16. The molecule has 0 spiro atoms. The molecule has 1 saturated carbocycles. The topological polar surface area (TPSA) is 109 Å². The van der Waals surface area contributed by atoms with Gasteiger partial charge in [0.15, 0.2) is 0 Å². The molecule has 2 saturated heterocycles. The van der Waals surface area contributed by atoms with Crippen LogP contribution in [0.25, 0.3) is 11.3 Å². The number of alkyl halides is 2. The van der Waals surface area contributed by atoms with Crippen molar-refractivity contribution in [3.05, 3.63) is 77.4 Å². The summed E-state index contributed by atoms with van der Waals surface area (Å²) in [4.78, 5) is 21.4. The molecule has 3 aliphatic rings. The second-order valence-corrected chi connectivity index (χ2v) is 15.5. The number of rotatable bonds is 9. The summed E-state index contributed by atoms with van der Waals surface area (Å²) in [6.45, 7) is 0.658. The summed E-state index contributed by atoms with van der Waals surface area (Å²) >= 11 is 5.97. The van der Waals surface area contributed by atoms with Gasteiger partial charge in [0.25, 0.3) is 5.92 Å². The predicted molar refractivity (Wildman–Crippen MR) is 180 cm³/mol. The molecule has 6 rings (SSSR count). The molecule has 13 heteroatoms. The highest BCUT2D eigenvalue weighted by molar-refractivity contribution is 7.89. The van der Waals surface area contributed by atoms with E-state index in [-0.39, 0.29) is 31.0 Å². The Kier molecular flexibility index (Phi) is 10.7. The lowest BCUT2D eigenvalue weighted by Crippen LogP contribution is -2.64. The smallest absolute Gasteiger partial charge is 0.280 e. The number of amides is 1. The third-order valence-electron chi connectivity index (χ3n) is 9.69. The minimum absolute atomic E-state index is 0.0230. The largest absolute Gasteiger partial charge is 0.493 e. The molecule has 9 nitrogen and oxygen atoms in total. The van der Waals surface area contributed by atoms with Crippen molar-refractivity contribution in [3.8, 4) is 17.0 Å². The fourth-order valence-electron chi connectivity index (χ4n) is 6.81. The van der Waals surface area contributed by atoms with Crippen LogP contribution in [0.1, 0.15) is 44.1 Å².